The lowest BCUT2D eigenvalue weighted by Gasteiger charge is -2.20. The summed E-state index contributed by atoms with van der Waals surface area (Å²) in [6.45, 7) is 5.12. The van der Waals surface area contributed by atoms with Gasteiger partial charge in [0, 0.05) is 18.8 Å². The standard InChI is InChI=1S/C12H17Cl2N3O3S/c1-4-17(7-11(18)16-8(2)3)21(19,20)9-5-10(13)12(14)15-6-9/h5-6,8H,4,7H2,1-3H3,(H,16,18). The molecular formula is C12H17Cl2N3O3S. The highest BCUT2D eigenvalue weighted by atomic mass is 35.5. The molecule has 9 heteroatoms. The lowest BCUT2D eigenvalue weighted by Crippen LogP contribution is -2.42. The number of carbonyl (C=O) groups is 1. The smallest absolute Gasteiger partial charge is 0.245 e. The molecule has 1 amide bonds. The maximum atomic E-state index is 12.5. The van der Waals surface area contributed by atoms with Gasteiger partial charge in [-0.3, -0.25) is 4.79 Å². The quantitative estimate of drug-likeness (QED) is 0.792. The summed E-state index contributed by atoms with van der Waals surface area (Å²) in [5, 5.41) is 2.71. The Morgan fingerprint density at radius 2 is 2.05 bits per heavy atom. The summed E-state index contributed by atoms with van der Waals surface area (Å²) in [7, 11) is -3.85. The van der Waals surface area contributed by atoms with Gasteiger partial charge in [-0.1, -0.05) is 30.1 Å². The third kappa shape index (κ3) is 4.81. The first kappa shape index (κ1) is 18.2. The largest absolute Gasteiger partial charge is 0.353 e. The van der Waals surface area contributed by atoms with Crippen LogP contribution in [0.1, 0.15) is 20.8 Å². The summed E-state index contributed by atoms with van der Waals surface area (Å²) < 4.78 is 26.0. The van der Waals surface area contributed by atoms with Crippen LogP contribution in [-0.2, 0) is 14.8 Å². The zero-order valence-corrected chi connectivity index (χ0v) is 14.3. The van der Waals surface area contributed by atoms with Crippen LogP contribution in [0.3, 0.4) is 0 Å². The van der Waals surface area contributed by atoms with Crippen LogP contribution in [0, 0.1) is 0 Å². The molecule has 6 nitrogen and oxygen atoms in total. The van der Waals surface area contributed by atoms with Crippen molar-refractivity contribution < 1.29 is 13.2 Å². The third-order valence-electron chi connectivity index (χ3n) is 2.53. The van der Waals surface area contributed by atoms with Gasteiger partial charge in [-0.25, -0.2) is 13.4 Å². The Morgan fingerprint density at radius 3 is 2.52 bits per heavy atom. The Kier molecular flexibility index (Phi) is 6.40. The highest BCUT2D eigenvalue weighted by Crippen LogP contribution is 2.24. The topological polar surface area (TPSA) is 79.4 Å². The minimum absolute atomic E-state index is 0.0243. The van der Waals surface area contributed by atoms with Crippen molar-refractivity contribution in [1.82, 2.24) is 14.6 Å². The summed E-state index contributed by atoms with van der Waals surface area (Å²) >= 11 is 11.5. The molecule has 1 aromatic heterocycles. The molecule has 0 saturated heterocycles. The van der Waals surface area contributed by atoms with E-state index < -0.39 is 10.0 Å². The van der Waals surface area contributed by atoms with Crippen LogP contribution in [-0.4, -0.2) is 42.7 Å². The molecule has 0 atom stereocenters. The van der Waals surface area contributed by atoms with Crippen molar-refractivity contribution in [3.63, 3.8) is 0 Å². The second kappa shape index (κ2) is 7.40. The molecule has 0 bridgehead atoms. The fourth-order valence-corrected chi connectivity index (χ4v) is 3.30. The van der Waals surface area contributed by atoms with E-state index in [-0.39, 0.29) is 40.1 Å². The molecule has 1 rings (SSSR count). The molecule has 0 saturated carbocycles. The Bertz CT molecular complexity index is 620. The van der Waals surface area contributed by atoms with E-state index in [1.54, 1.807) is 20.8 Å². The Labute approximate surface area is 134 Å². The van der Waals surface area contributed by atoms with Crippen molar-refractivity contribution >= 4 is 39.1 Å². The predicted molar refractivity (Wildman–Crippen MR) is 82.0 cm³/mol. The molecule has 0 aromatic carbocycles. The molecule has 1 aromatic rings. The zero-order chi connectivity index (χ0) is 16.2. The van der Waals surface area contributed by atoms with Gasteiger partial charge in [0.15, 0.2) is 0 Å². The van der Waals surface area contributed by atoms with Crippen molar-refractivity contribution in [2.75, 3.05) is 13.1 Å². The number of hydrogen-bond acceptors (Lipinski definition) is 4. The number of amides is 1. The van der Waals surface area contributed by atoms with Crippen LogP contribution in [0.15, 0.2) is 17.2 Å². The van der Waals surface area contributed by atoms with E-state index >= 15 is 0 Å². The normalized spacial score (nSPS) is 12.0. The molecular weight excluding hydrogens is 337 g/mol. The van der Waals surface area contributed by atoms with Crippen molar-refractivity contribution in [1.29, 1.82) is 0 Å². The molecule has 118 valence electrons. The summed E-state index contributed by atoms with van der Waals surface area (Å²) in [5.41, 5.74) is 0. The van der Waals surface area contributed by atoms with Crippen molar-refractivity contribution in [2.45, 2.75) is 31.7 Å². The molecule has 1 heterocycles. The van der Waals surface area contributed by atoms with E-state index in [0.29, 0.717) is 0 Å². The number of hydrogen-bond donors (Lipinski definition) is 1. The molecule has 0 unspecified atom stereocenters. The Balaban J connectivity index is 3.02. The van der Waals surface area contributed by atoms with E-state index in [1.807, 2.05) is 0 Å². The van der Waals surface area contributed by atoms with Crippen LogP contribution >= 0.6 is 23.2 Å². The SMILES string of the molecule is CCN(CC(=O)NC(C)C)S(=O)(=O)c1cnc(Cl)c(Cl)c1. The number of likely N-dealkylation sites (N-methyl/N-ethyl adjacent to an activating group) is 1. The molecule has 21 heavy (non-hydrogen) atoms. The number of nitrogens with zero attached hydrogens (tertiary/aromatic N) is 2. The van der Waals surface area contributed by atoms with Gasteiger partial charge < -0.3 is 5.32 Å². The van der Waals surface area contributed by atoms with Gasteiger partial charge in [-0.05, 0) is 19.9 Å². The maximum Gasteiger partial charge on any atom is 0.245 e. The highest BCUT2D eigenvalue weighted by molar-refractivity contribution is 7.89. The number of halogens is 2. The van der Waals surface area contributed by atoms with Crippen molar-refractivity contribution in [3.8, 4) is 0 Å². The number of carbonyl (C=O) groups excluding carboxylic acids is 1. The third-order valence-corrected chi connectivity index (χ3v) is 5.10. The molecule has 0 radical (unpaired) electrons. The van der Waals surface area contributed by atoms with Gasteiger partial charge >= 0.3 is 0 Å². The average Bonchev–Trinajstić information content (AvgIpc) is 2.37. The highest BCUT2D eigenvalue weighted by Gasteiger charge is 2.26. The van der Waals surface area contributed by atoms with Crippen LogP contribution in [0.25, 0.3) is 0 Å². The predicted octanol–water partition coefficient (Wildman–Crippen LogP) is 1.92. The lowest BCUT2D eigenvalue weighted by molar-refractivity contribution is -0.121. The number of rotatable bonds is 6. The van der Waals surface area contributed by atoms with E-state index in [0.717, 1.165) is 10.5 Å². The lowest BCUT2D eigenvalue weighted by atomic mass is 10.4. The van der Waals surface area contributed by atoms with Gasteiger partial charge in [-0.2, -0.15) is 4.31 Å². The van der Waals surface area contributed by atoms with Crippen LogP contribution < -0.4 is 5.32 Å². The van der Waals surface area contributed by atoms with Gasteiger partial charge in [0.1, 0.15) is 10.0 Å². The van der Waals surface area contributed by atoms with E-state index in [1.165, 1.54) is 6.07 Å². The van der Waals surface area contributed by atoms with E-state index in [2.05, 4.69) is 10.3 Å². The first-order valence-corrected chi connectivity index (χ1v) is 8.48. The van der Waals surface area contributed by atoms with Gasteiger partial charge in [-0.15, -0.1) is 0 Å². The van der Waals surface area contributed by atoms with Crippen molar-refractivity contribution in [2.24, 2.45) is 0 Å². The monoisotopic (exact) mass is 353 g/mol. The summed E-state index contributed by atoms with van der Waals surface area (Å²) in [6, 6.07) is 1.15. The minimum atomic E-state index is -3.85. The van der Waals surface area contributed by atoms with Crippen LogP contribution in [0.5, 0.6) is 0 Å². The Morgan fingerprint density at radius 1 is 1.43 bits per heavy atom. The van der Waals surface area contributed by atoms with Gasteiger partial charge in [0.05, 0.1) is 11.6 Å². The summed E-state index contributed by atoms with van der Waals surface area (Å²) in [5.74, 6) is -0.372. The minimum Gasteiger partial charge on any atom is -0.353 e. The molecule has 0 fully saturated rings. The first-order valence-electron chi connectivity index (χ1n) is 6.29. The fourth-order valence-electron chi connectivity index (χ4n) is 1.59. The molecule has 0 aliphatic heterocycles. The van der Waals surface area contributed by atoms with Crippen molar-refractivity contribution in [3.05, 3.63) is 22.4 Å². The van der Waals surface area contributed by atoms with E-state index in [4.69, 9.17) is 23.2 Å². The van der Waals surface area contributed by atoms with E-state index in [9.17, 15) is 13.2 Å². The Hall–Kier alpha value is -0.890. The van der Waals surface area contributed by atoms with Crippen LogP contribution in [0.2, 0.25) is 10.2 Å². The number of sulfonamides is 1. The number of aromatic nitrogens is 1. The molecule has 0 aliphatic rings. The maximum absolute atomic E-state index is 12.5. The van der Waals surface area contributed by atoms with Gasteiger partial charge in [0.25, 0.3) is 0 Å². The molecule has 1 N–H and O–H groups in total. The molecule has 0 aliphatic carbocycles. The first-order chi connectivity index (χ1) is 9.68. The fraction of sp³-hybridized carbons (Fsp3) is 0.500. The zero-order valence-electron chi connectivity index (χ0n) is 11.9. The molecule has 0 spiro atoms. The second-order valence-corrected chi connectivity index (χ2v) is 7.30. The summed E-state index contributed by atoms with van der Waals surface area (Å²) in [6.07, 6.45) is 1.12. The summed E-state index contributed by atoms with van der Waals surface area (Å²) in [4.78, 5) is 15.4. The average molecular weight is 354 g/mol. The van der Waals surface area contributed by atoms with Gasteiger partial charge in [0.2, 0.25) is 15.9 Å². The number of pyridine rings is 1. The van der Waals surface area contributed by atoms with Crippen LogP contribution in [0.4, 0.5) is 0 Å². The number of nitrogens with one attached hydrogen (secondary N) is 1. The second-order valence-electron chi connectivity index (χ2n) is 4.60.